The molecule has 0 fully saturated rings. The molecule has 1 rings (SSSR count). The molecule has 8 nitrogen and oxygen atoms in total. The fourth-order valence-electron chi connectivity index (χ4n) is 1.58. The number of hydrogen-bond donors (Lipinski definition) is 2. The number of nitrogens with two attached hydrogens (primary N) is 1. The maximum absolute atomic E-state index is 11.1. The second kappa shape index (κ2) is 8.23. The average Bonchev–Trinajstić information content (AvgIpc) is 2.41. The summed E-state index contributed by atoms with van der Waals surface area (Å²) in [5.41, 5.74) is 5.24. The van der Waals surface area contributed by atoms with Crippen LogP contribution < -0.4 is 20.7 Å². The topological polar surface area (TPSA) is 106 Å². The van der Waals surface area contributed by atoms with Gasteiger partial charge in [-0.2, -0.15) is 15.0 Å². The van der Waals surface area contributed by atoms with Gasteiger partial charge in [0.2, 0.25) is 17.8 Å². The van der Waals surface area contributed by atoms with Gasteiger partial charge in [0.25, 0.3) is 0 Å². The fraction of sp³-hybridized carbons (Fsp3) is 0.692. The monoisotopic (exact) mass is 296 g/mol. The van der Waals surface area contributed by atoms with Crippen molar-refractivity contribution in [3.63, 3.8) is 0 Å². The lowest BCUT2D eigenvalue weighted by Crippen LogP contribution is -2.35. The molecule has 1 aromatic rings. The molecule has 3 N–H and O–H groups in total. The lowest BCUT2D eigenvalue weighted by Gasteiger charge is -2.20. The zero-order valence-electron chi connectivity index (χ0n) is 13.1. The van der Waals surface area contributed by atoms with Crippen molar-refractivity contribution in [1.82, 2.24) is 15.0 Å². The first-order valence-electron chi connectivity index (χ1n) is 7.16. The predicted molar refractivity (Wildman–Crippen MR) is 81.5 cm³/mol. The van der Waals surface area contributed by atoms with Crippen molar-refractivity contribution in [2.45, 2.75) is 40.2 Å². The van der Waals surface area contributed by atoms with Gasteiger partial charge in [0.15, 0.2) is 0 Å². The minimum atomic E-state index is -0.438. The Morgan fingerprint density at radius 2 is 2.05 bits per heavy atom. The van der Waals surface area contributed by atoms with E-state index in [2.05, 4.69) is 20.3 Å². The van der Waals surface area contributed by atoms with Crippen LogP contribution in [0, 0.1) is 0 Å². The van der Waals surface area contributed by atoms with E-state index in [-0.39, 0.29) is 18.7 Å². The molecule has 0 saturated carbocycles. The molecule has 0 unspecified atom stereocenters. The van der Waals surface area contributed by atoms with Gasteiger partial charge in [-0.15, -0.1) is 0 Å². The molecule has 0 aliphatic carbocycles. The second-order valence-electron chi connectivity index (χ2n) is 4.82. The van der Waals surface area contributed by atoms with E-state index in [4.69, 9.17) is 10.5 Å². The summed E-state index contributed by atoms with van der Waals surface area (Å²) < 4.78 is 5.53. The Hall–Kier alpha value is -2.12. The average molecular weight is 296 g/mol. The standard InChI is InChI=1S/C13H24N6O2/c1-5-7-15-11-16-12(19(6-2)8-10(14)20)18-13(17-11)21-9(3)4/h9H,5-8H2,1-4H3,(H2,14,20)(H,15,16,17,18). The number of aromatic nitrogens is 3. The van der Waals surface area contributed by atoms with Gasteiger partial charge >= 0.3 is 6.01 Å². The summed E-state index contributed by atoms with van der Waals surface area (Å²) in [6.45, 7) is 9.08. The van der Waals surface area contributed by atoms with Crippen LogP contribution in [0.5, 0.6) is 6.01 Å². The Morgan fingerprint density at radius 1 is 1.33 bits per heavy atom. The minimum absolute atomic E-state index is 0.0504. The molecule has 1 heterocycles. The van der Waals surface area contributed by atoms with Crippen molar-refractivity contribution >= 4 is 17.8 Å². The highest BCUT2D eigenvalue weighted by Gasteiger charge is 2.15. The zero-order chi connectivity index (χ0) is 15.8. The third-order valence-electron chi connectivity index (χ3n) is 2.49. The molecule has 0 saturated heterocycles. The molecule has 0 bridgehead atoms. The first-order chi connectivity index (χ1) is 9.96. The molecule has 0 radical (unpaired) electrons. The summed E-state index contributed by atoms with van der Waals surface area (Å²) in [5.74, 6) is 0.368. The van der Waals surface area contributed by atoms with Crippen molar-refractivity contribution in [2.24, 2.45) is 5.73 Å². The van der Waals surface area contributed by atoms with E-state index in [1.165, 1.54) is 0 Å². The molecule has 0 aliphatic heterocycles. The molecule has 21 heavy (non-hydrogen) atoms. The number of rotatable bonds is 9. The third-order valence-corrected chi connectivity index (χ3v) is 2.49. The van der Waals surface area contributed by atoms with E-state index in [1.807, 2.05) is 27.7 Å². The van der Waals surface area contributed by atoms with Gasteiger partial charge < -0.3 is 20.7 Å². The van der Waals surface area contributed by atoms with E-state index in [1.54, 1.807) is 4.90 Å². The number of carbonyl (C=O) groups is 1. The van der Waals surface area contributed by atoms with Crippen LogP contribution in [0.15, 0.2) is 0 Å². The molecule has 0 spiro atoms. The van der Waals surface area contributed by atoms with Crippen molar-refractivity contribution in [2.75, 3.05) is 29.9 Å². The quantitative estimate of drug-likeness (QED) is 0.694. The zero-order valence-corrected chi connectivity index (χ0v) is 13.1. The van der Waals surface area contributed by atoms with Crippen molar-refractivity contribution < 1.29 is 9.53 Å². The number of carbonyl (C=O) groups excluding carboxylic acids is 1. The number of likely N-dealkylation sites (N-methyl/N-ethyl adjacent to an activating group) is 1. The number of ether oxygens (including phenoxy) is 1. The number of amides is 1. The van der Waals surface area contributed by atoms with Crippen LogP contribution in [-0.4, -0.2) is 46.6 Å². The lowest BCUT2D eigenvalue weighted by molar-refractivity contribution is -0.116. The molecule has 0 atom stereocenters. The Morgan fingerprint density at radius 3 is 2.57 bits per heavy atom. The van der Waals surface area contributed by atoms with Gasteiger partial charge in [0.05, 0.1) is 12.6 Å². The van der Waals surface area contributed by atoms with Crippen LogP contribution >= 0.6 is 0 Å². The van der Waals surface area contributed by atoms with Crippen LogP contribution in [-0.2, 0) is 4.79 Å². The van der Waals surface area contributed by atoms with Gasteiger partial charge in [-0.05, 0) is 27.2 Å². The summed E-state index contributed by atoms with van der Waals surface area (Å²) in [6.07, 6.45) is 0.894. The summed E-state index contributed by atoms with van der Waals surface area (Å²) in [4.78, 5) is 25.6. The SMILES string of the molecule is CCCNc1nc(OC(C)C)nc(N(CC)CC(N)=O)n1. The van der Waals surface area contributed by atoms with Gasteiger partial charge in [-0.25, -0.2) is 0 Å². The molecular formula is C13H24N6O2. The minimum Gasteiger partial charge on any atom is -0.461 e. The van der Waals surface area contributed by atoms with Crippen LogP contribution in [0.4, 0.5) is 11.9 Å². The maximum Gasteiger partial charge on any atom is 0.323 e. The van der Waals surface area contributed by atoms with Crippen LogP contribution in [0.25, 0.3) is 0 Å². The number of primary amides is 1. The highest BCUT2D eigenvalue weighted by atomic mass is 16.5. The lowest BCUT2D eigenvalue weighted by atomic mass is 10.5. The third kappa shape index (κ3) is 5.80. The summed E-state index contributed by atoms with van der Waals surface area (Å²) in [6, 6.07) is 0.233. The van der Waals surface area contributed by atoms with Crippen molar-refractivity contribution in [1.29, 1.82) is 0 Å². The van der Waals surface area contributed by atoms with E-state index in [9.17, 15) is 4.79 Å². The molecule has 118 valence electrons. The predicted octanol–water partition coefficient (Wildman–Crippen LogP) is 0.792. The Kier molecular flexibility index (Phi) is 6.64. The number of nitrogens with zero attached hydrogens (tertiary/aromatic N) is 4. The number of hydrogen-bond acceptors (Lipinski definition) is 7. The molecule has 8 heteroatoms. The Labute approximate surface area is 125 Å². The van der Waals surface area contributed by atoms with Gasteiger partial charge in [0.1, 0.15) is 0 Å². The highest BCUT2D eigenvalue weighted by molar-refractivity contribution is 5.78. The summed E-state index contributed by atoms with van der Waals surface area (Å²) >= 11 is 0. The highest BCUT2D eigenvalue weighted by Crippen LogP contribution is 2.15. The van der Waals surface area contributed by atoms with Gasteiger partial charge in [-0.1, -0.05) is 6.92 Å². The number of nitrogens with one attached hydrogen (secondary N) is 1. The Bertz CT molecular complexity index is 466. The van der Waals surface area contributed by atoms with Crippen molar-refractivity contribution in [3.8, 4) is 6.01 Å². The first-order valence-corrected chi connectivity index (χ1v) is 7.16. The molecule has 0 aliphatic rings. The van der Waals surface area contributed by atoms with Gasteiger partial charge in [0, 0.05) is 13.1 Å². The first kappa shape index (κ1) is 16.9. The van der Waals surface area contributed by atoms with E-state index in [0.29, 0.717) is 18.4 Å². The van der Waals surface area contributed by atoms with Crippen LogP contribution in [0.3, 0.4) is 0 Å². The molecular weight excluding hydrogens is 272 g/mol. The molecule has 1 amide bonds. The van der Waals surface area contributed by atoms with E-state index >= 15 is 0 Å². The van der Waals surface area contributed by atoms with Crippen molar-refractivity contribution in [3.05, 3.63) is 0 Å². The molecule has 1 aromatic heterocycles. The van der Waals surface area contributed by atoms with Crippen LogP contribution in [0.2, 0.25) is 0 Å². The largest absolute Gasteiger partial charge is 0.461 e. The smallest absolute Gasteiger partial charge is 0.323 e. The van der Waals surface area contributed by atoms with Gasteiger partial charge in [-0.3, -0.25) is 4.79 Å². The van der Waals surface area contributed by atoms with E-state index < -0.39 is 5.91 Å². The second-order valence-corrected chi connectivity index (χ2v) is 4.82. The molecule has 0 aromatic carbocycles. The normalized spacial score (nSPS) is 10.5. The number of anilines is 2. The summed E-state index contributed by atoms with van der Waals surface area (Å²) in [7, 11) is 0. The maximum atomic E-state index is 11.1. The Balaban J connectivity index is 3.06. The van der Waals surface area contributed by atoms with Crippen LogP contribution in [0.1, 0.15) is 34.1 Å². The van der Waals surface area contributed by atoms with E-state index in [0.717, 1.165) is 13.0 Å². The summed E-state index contributed by atoms with van der Waals surface area (Å²) in [5, 5.41) is 3.10. The fourth-order valence-corrected chi connectivity index (χ4v) is 1.58.